The molecule has 0 bridgehead atoms. The first-order valence-corrected chi connectivity index (χ1v) is 4.96. The highest BCUT2D eigenvalue weighted by atomic mass is 15.3. The van der Waals surface area contributed by atoms with Crippen molar-refractivity contribution in [3.8, 4) is 6.07 Å². The number of nitrogens with one attached hydrogen (secondary N) is 1. The molecule has 0 aliphatic rings. The average Bonchev–Trinajstić information content (AvgIpc) is 2.67. The molecule has 0 saturated heterocycles. The Kier molecular flexibility index (Phi) is 2.61. The van der Waals surface area contributed by atoms with Crippen LogP contribution in [0.5, 0.6) is 0 Å². The van der Waals surface area contributed by atoms with Crippen LogP contribution < -0.4 is 5.32 Å². The van der Waals surface area contributed by atoms with E-state index in [0.717, 1.165) is 16.9 Å². The van der Waals surface area contributed by atoms with Crippen LogP contribution in [-0.2, 0) is 7.05 Å². The predicted molar refractivity (Wildman–Crippen MR) is 62.4 cm³/mol. The molecule has 4 nitrogen and oxygen atoms in total. The van der Waals surface area contributed by atoms with Gasteiger partial charge in [-0.3, -0.25) is 4.68 Å². The Morgan fingerprint density at radius 1 is 1.44 bits per heavy atom. The Balaban J connectivity index is 2.38. The van der Waals surface area contributed by atoms with Crippen molar-refractivity contribution in [2.24, 2.45) is 7.05 Å². The maximum Gasteiger partial charge on any atom is 0.101 e. The second-order valence-corrected chi connectivity index (χ2v) is 3.64. The zero-order valence-corrected chi connectivity index (χ0v) is 9.23. The molecular formula is C12H12N4. The summed E-state index contributed by atoms with van der Waals surface area (Å²) in [5, 5.41) is 16.3. The lowest BCUT2D eigenvalue weighted by Gasteiger charge is -2.08. The minimum Gasteiger partial charge on any atom is -0.352 e. The molecule has 16 heavy (non-hydrogen) atoms. The van der Waals surface area contributed by atoms with Crippen molar-refractivity contribution < 1.29 is 0 Å². The Morgan fingerprint density at radius 3 is 2.88 bits per heavy atom. The topological polar surface area (TPSA) is 53.6 Å². The summed E-state index contributed by atoms with van der Waals surface area (Å²) in [5.41, 5.74) is 3.41. The fourth-order valence-corrected chi connectivity index (χ4v) is 1.56. The lowest BCUT2D eigenvalue weighted by molar-refractivity contribution is 0.768. The monoisotopic (exact) mass is 212 g/mol. The molecule has 0 fully saturated rings. The average molecular weight is 212 g/mol. The van der Waals surface area contributed by atoms with Gasteiger partial charge in [0.25, 0.3) is 0 Å². The zero-order chi connectivity index (χ0) is 11.5. The summed E-state index contributed by atoms with van der Waals surface area (Å²) in [6, 6.07) is 7.82. The summed E-state index contributed by atoms with van der Waals surface area (Å²) in [6.07, 6.45) is 3.60. The molecule has 1 N–H and O–H groups in total. The van der Waals surface area contributed by atoms with Gasteiger partial charge in [0.1, 0.15) is 6.07 Å². The zero-order valence-electron chi connectivity index (χ0n) is 9.23. The van der Waals surface area contributed by atoms with Crippen molar-refractivity contribution >= 4 is 11.4 Å². The molecule has 1 aromatic heterocycles. The maximum absolute atomic E-state index is 9.02. The fourth-order valence-electron chi connectivity index (χ4n) is 1.56. The third kappa shape index (κ3) is 1.89. The van der Waals surface area contributed by atoms with E-state index in [9.17, 15) is 0 Å². The van der Waals surface area contributed by atoms with Crippen LogP contribution in [0.1, 0.15) is 11.1 Å². The van der Waals surface area contributed by atoms with Gasteiger partial charge in [-0.05, 0) is 18.6 Å². The number of anilines is 2. The number of benzene rings is 1. The van der Waals surface area contributed by atoms with Crippen LogP contribution in [0, 0.1) is 18.3 Å². The van der Waals surface area contributed by atoms with E-state index in [1.54, 1.807) is 16.9 Å². The van der Waals surface area contributed by atoms with E-state index >= 15 is 0 Å². The standard InChI is InChI=1S/C12H12N4/c1-9-4-3-5-10(6-13)12(9)15-11-7-14-16(2)8-11/h3-5,7-8,15H,1-2H3. The van der Waals surface area contributed by atoms with Crippen LogP contribution >= 0.6 is 0 Å². The summed E-state index contributed by atoms with van der Waals surface area (Å²) in [4.78, 5) is 0. The molecule has 2 aromatic rings. The van der Waals surface area contributed by atoms with E-state index in [4.69, 9.17) is 5.26 Å². The molecule has 2 rings (SSSR count). The summed E-state index contributed by atoms with van der Waals surface area (Å²) in [6.45, 7) is 1.97. The van der Waals surface area contributed by atoms with Crippen LogP contribution in [0.3, 0.4) is 0 Å². The molecule has 1 heterocycles. The van der Waals surface area contributed by atoms with Crippen molar-refractivity contribution in [3.63, 3.8) is 0 Å². The highest BCUT2D eigenvalue weighted by Crippen LogP contribution is 2.23. The molecule has 0 atom stereocenters. The number of para-hydroxylation sites is 1. The van der Waals surface area contributed by atoms with Gasteiger partial charge in [0, 0.05) is 13.2 Å². The van der Waals surface area contributed by atoms with Gasteiger partial charge in [-0.25, -0.2) is 0 Å². The van der Waals surface area contributed by atoms with Crippen LogP contribution in [0.2, 0.25) is 0 Å². The summed E-state index contributed by atoms with van der Waals surface area (Å²) < 4.78 is 1.71. The summed E-state index contributed by atoms with van der Waals surface area (Å²) in [5.74, 6) is 0. The molecule has 0 saturated carbocycles. The fraction of sp³-hybridized carbons (Fsp3) is 0.167. The Morgan fingerprint density at radius 2 is 2.25 bits per heavy atom. The van der Waals surface area contributed by atoms with E-state index in [-0.39, 0.29) is 0 Å². The van der Waals surface area contributed by atoms with Crippen LogP contribution in [-0.4, -0.2) is 9.78 Å². The van der Waals surface area contributed by atoms with E-state index in [2.05, 4.69) is 16.5 Å². The predicted octanol–water partition coefficient (Wildman–Crippen LogP) is 2.34. The summed E-state index contributed by atoms with van der Waals surface area (Å²) in [7, 11) is 1.86. The molecule has 0 aliphatic carbocycles. The second-order valence-electron chi connectivity index (χ2n) is 3.64. The van der Waals surface area contributed by atoms with Crippen molar-refractivity contribution in [2.75, 3.05) is 5.32 Å². The number of hydrogen-bond donors (Lipinski definition) is 1. The molecule has 0 spiro atoms. The highest BCUT2D eigenvalue weighted by molar-refractivity contribution is 5.69. The third-order valence-electron chi connectivity index (χ3n) is 2.37. The Bertz CT molecular complexity index is 548. The maximum atomic E-state index is 9.02. The van der Waals surface area contributed by atoms with Gasteiger partial charge in [0.15, 0.2) is 0 Å². The van der Waals surface area contributed by atoms with E-state index in [1.807, 2.05) is 32.3 Å². The highest BCUT2D eigenvalue weighted by Gasteiger charge is 2.05. The molecule has 0 amide bonds. The number of nitriles is 1. The van der Waals surface area contributed by atoms with Crippen molar-refractivity contribution in [1.82, 2.24) is 9.78 Å². The van der Waals surface area contributed by atoms with Crippen LogP contribution in [0.15, 0.2) is 30.6 Å². The first kappa shape index (κ1) is 10.2. The molecule has 0 aliphatic heterocycles. The van der Waals surface area contributed by atoms with Gasteiger partial charge in [0.2, 0.25) is 0 Å². The van der Waals surface area contributed by atoms with Crippen LogP contribution in [0.4, 0.5) is 11.4 Å². The van der Waals surface area contributed by atoms with Crippen LogP contribution in [0.25, 0.3) is 0 Å². The lowest BCUT2D eigenvalue weighted by atomic mass is 10.1. The minimum absolute atomic E-state index is 0.642. The SMILES string of the molecule is Cc1cccc(C#N)c1Nc1cnn(C)c1. The van der Waals surface area contributed by atoms with Gasteiger partial charge in [-0.1, -0.05) is 12.1 Å². The minimum atomic E-state index is 0.642. The summed E-state index contributed by atoms with van der Waals surface area (Å²) >= 11 is 0. The van der Waals surface area contributed by atoms with E-state index in [1.165, 1.54) is 0 Å². The van der Waals surface area contributed by atoms with Gasteiger partial charge >= 0.3 is 0 Å². The number of aromatic nitrogens is 2. The van der Waals surface area contributed by atoms with E-state index < -0.39 is 0 Å². The van der Waals surface area contributed by atoms with Crippen molar-refractivity contribution in [2.45, 2.75) is 6.92 Å². The third-order valence-corrected chi connectivity index (χ3v) is 2.37. The molecule has 4 heteroatoms. The number of hydrogen-bond acceptors (Lipinski definition) is 3. The number of nitrogens with zero attached hydrogens (tertiary/aromatic N) is 3. The van der Waals surface area contributed by atoms with Crippen molar-refractivity contribution in [1.29, 1.82) is 5.26 Å². The largest absolute Gasteiger partial charge is 0.352 e. The Hall–Kier alpha value is -2.28. The molecule has 80 valence electrons. The van der Waals surface area contributed by atoms with E-state index in [0.29, 0.717) is 5.56 Å². The first-order valence-electron chi connectivity index (χ1n) is 4.96. The van der Waals surface area contributed by atoms with Gasteiger partial charge < -0.3 is 5.32 Å². The van der Waals surface area contributed by atoms with Gasteiger partial charge in [-0.2, -0.15) is 10.4 Å². The quantitative estimate of drug-likeness (QED) is 0.831. The molecule has 0 unspecified atom stereocenters. The second kappa shape index (κ2) is 4.07. The smallest absolute Gasteiger partial charge is 0.101 e. The van der Waals surface area contributed by atoms with Crippen molar-refractivity contribution in [3.05, 3.63) is 41.7 Å². The van der Waals surface area contributed by atoms with Gasteiger partial charge in [0.05, 0.1) is 23.1 Å². The Labute approximate surface area is 94.1 Å². The number of rotatable bonds is 2. The lowest BCUT2D eigenvalue weighted by Crippen LogP contribution is -1.95. The molecular weight excluding hydrogens is 200 g/mol. The number of aryl methyl sites for hydroxylation is 2. The first-order chi connectivity index (χ1) is 7.70. The molecule has 1 aromatic carbocycles. The molecule has 0 radical (unpaired) electrons. The normalized spacial score (nSPS) is 9.81. The van der Waals surface area contributed by atoms with Gasteiger partial charge in [-0.15, -0.1) is 0 Å².